The van der Waals surface area contributed by atoms with Gasteiger partial charge >= 0.3 is 0 Å². The first-order valence-electron chi connectivity index (χ1n) is 4.74. The lowest BCUT2D eigenvalue weighted by Gasteiger charge is -2.13. The molecule has 0 saturated carbocycles. The Hall–Kier alpha value is -0.540. The van der Waals surface area contributed by atoms with Gasteiger partial charge in [-0.2, -0.15) is 0 Å². The third-order valence-electron chi connectivity index (χ3n) is 2.07. The Labute approximate surface area is 103 Å². The lowest BCUT2D eigenvalue weighted by molar-refractivity contribution is -0.121. The third kappa shape index (κ3) is 4.22. The van der Waals surface area contributed by atoms with Crippen molar-refractivity contribution in [1.82, 2.24) is 5.32 Å². The monoisotopic (exact) mass is 289 g/mol. The minimum atomic E-state index is 0.0221. The number of halogens is 2. The summed E-state index contributed by atoms with van der Waals surface area (Å²) in [6.07, 6.45) is 0.498. The van der Waals surface area contributed by atoms with Crippen molar-refractivity contribution in [3.8, 4) is 0 Å². The summed E-state index contributed by atoms with van der Waals surface area (Å²) < 4.78 is 0. The van der Waals surface area contributed by atoms with Crippen LogP contribution in [0.2, 0.25) is 5.02 Å². The molecule has 1 aromatic rings. The molecule has 0 aliphatic carbocycles. The largest absolute Gasteiger partial charge is 0.350 e. The van der Waals surface area contributed by atoms with Gasteiger partial charge in [-0.05, 0) is 24.6 Å². The molecular formula is C11H13BrClNO. The molecule has 0 spiro atoms. The number of nitrogens with one attached hydrogen (secondary N) is 1. The van der Waals surface area contributed by atoms with Crippen LogP contribution >= 0.6 is 27.5 Å². The summed E-state index contributed by atoms with van der Waals surface area (Å²) >= 11 is 9.01. The second kappa shape index (κ2) is 6.13. The van der Waals surface area contributed by atoms with E-state index < -0.39 is 0 Å². The first-order valence-corrected chi connectivity index (χ1v) is 6.24. The van der Waals surface area contributed by atoms with E-state index in [0.29, 0.717) is 16.8 Å². The van der Waals surface area contributed by atoms with Gasteiger partial charge in [-0.1, -0.05) is 39.7 Å². The Balaban J connectivity index is 2.57. The summed E-state index contributed by atoms with van der Waals surface area (Å²) in [5.74, 6) is 0.0503. The number of benzene rings is 1. The molecule has 0 aromatic heterocycles. The third-order valence-corrected chi connectivity index (χ3v) is 2.72. The number of hydrogen-bond acceptors (Lipinski definition) is 1. The fourth-order valence-electron chi connectivity index (χ4n) is 1.23. The van der Waals surface area contributed by atoms with Gasteiger partial charge in [0.1, 0.15) is 0 Å². The first-order chi connectivity index (χ1) is 7.13. The number of carbonyl (C=O) groups excluding carboxylic acids is 1. The molecule has 2 nitrogen and oxygen atoms in total. The maximum atomic E-state index is 11.3. The van der Waals surface area contributed by atoms with E-state index in [9.17, 15) is 4.79 Å². The summed E-state index contributed by atoms with van der Waals surface area (Å²) in [5, 5.41) is 4.30. The van der Waals surface area contributed by atoms with E-state index in [2.05, 4.69) is 21.2 Å². The molecule has 1 atom stereocenters. The van der Waals surface area contributed by atoms with Crippen LogP contribution in [0.1, 0.15) is 24.9 Å². The van der Waals surface area contributed by atoms with E-state index in [4.69, 9.17) is 11.6 Å². The fourth-order valence-corrected chi connectivity index (χ4v) is 1.72. The molecule has 1 rings (SSSR count). The topological polar surface area (TPSA) is 29.1 Å². The van der Waals surface area contributed by atoms with E-state index in [1.165, 1.54) is 0 Å². The van der Waals surface area contributed by atoms with Crippen molar-refractivity contribution < 1.29 is 4.79 Å². The average Bonchev–Trinajstić information content (AvgIpc) is 2.18. The second-order valence-electron chi connectivity index (χ2n) is 3.28. The molecule has 0 unspecified atom stereocenters. The van der Waals surface area contributed by atoms with E-state index in [0.717, 1.165) is 5.56 Å². The molecule has 0 saturated heterocycles. The summed E-state index contributed by atoms with van der Waals surface area (Å²) in [6, 6.07) is 7.51. The van der Waals surface area contributed by atoms with Crippen LogP contribution in [0.4, 0.5) is 0 Å². The second-order valence-corrected chi connectivity index (χ2v) is 4.51. The molecular weight excluding hydrogens is 277 g/mol. The molecule has 0 radical (unpaired) electrons. The summed E-state index contributed by atoms with van der Waals surface area (Å²) in [6.45, 7) is 1.95. The molecule has 0 fully saturated rings. The van der Waals surface area contributed by atoms with Crippen molar-refractivity contribution >= 4 is 33.4 Å². The van der Waals surface area contributed by atoms with Gasteiger partial charge in [-0.3, -0.25) is 4.79 Å². The minimum Gasteiger partial charge on any atom is -0.350 e. The molecule has 82 valence electrons. The summed E-state index contributed by atoms with van der Waals surface area (Å²) in [7, 11) is 0. The molecule has 0 aliphatic rings. The van der Waals surface area contributed by atoms with Crippen LogP contribution < -0.4 is 5.32 Å². The lowest BCUT2D eigenvalue weighted by atomic mass is 10.1. The number of carbonyl (C=O) groups is 1. The van der Waals surface area contributed by atoms with Crippen molar-refractivity contribution in [3.63, 3.8) is 0 Å². The zero-order valence-corrected chi connectivity index (χ0v) is 10.8. The molecule has 0 heterocycles. The normalized spacial score (nSPS) is 12.2. The number of hydrogen-bond donors (Lipinski definition) is 1. The van der Waals surface area contributed by atoms with Crippen molar-refractivity contribution in [1.29, 1.82) is 0 Å². The summed E-state index contributed by atoms with van der Waals surface area (Å²) in [4.78, 5) is 11.3. The Morgan fingerprint density at radius 1 is 1.47 bits per heavy atom. The Morgan fingerprint density at radius 3 is 2.60 bits per heavy atom. The zero-order chi connectivity index (χ0) is 11.3. The minimum absolute atomic E-state index is 0.0221. The average molecular weight is 291 g/mol. The van der Waals surface area contributed by atoms with Gasteiger partial charge in [0.15, 0.2) is 0 Å². The molecule has 15 heavy (non-hydrogen) atoms. The molecule has 1 N–H and O–H groups in total. The highest BCUT2D eigenvalue weighted by atomic mass is 79.9. The van der Waals surface area contributed by atoms with Gasteiger partial charge in [0, 0.05) is 16.8 Å². The van der Waals surface area contributed by atoms with Crippen molar-refractivity contribution in [2.75, 3.05) is 5.33 Å². The van der Waals surface area contributed by atoms with Crippen LogP contribution in [0, 0.1) is 0 Å². The van der Waals surface area contributed by atoms with Crippen LogP contribution in [0.15, 0.2) is 24.3 Å². The van der Waals surface area contributed by atoms with Gasteiger partial charge < -0.3 is 5.32 Å². The molecule has 0 bridgehead atoms. The quantitative estimate of drug-likeness (QED) is 0.847. The predicted octanol–water partition coefficient (Wildman–Crippen LogP) is 3.30. The van der Waals surface area contributed by atoms with Crippen LogP contribution in [0.5, 0.6) is 0 Å². The van der Waals surface area contributed by atoms with Crippen molar-refractivity contribution in [2.24, 2.45) is 0 Å². The van der Waals surface area contributed by atoms with Crippen LogP contribution in [-0.4, -0.2) is 11.2 Å². The van der Waals surface area contributed by atoms with E-state index in [1.54, 1.807) is 0 Å². The van der Waals surface area contributed by atoms with Gasteiger partial charge in [0.05, 0.1) is 6.04 Å². The maximum Gasteiger partial charge on any atom is 0.221 e. The zero-order valence-electron chi connectivity index (χ0n) is 8.47. The predicted molar refractivity (Wildman–Crippen MR) is 66.4 cm³/mol. The van der Waals surface area contributed by atoms with Crippen molar-refractivity contribution in [3.05, 3.63) is 34.9 Å². The van der Waals surface area contributed by atoms with E-state index in [1.807, 2.05) is 31.2 Å². The van der Waals surface area contributed by atoms with Crippen LogP contribution in [0.3, 0.4) is 0 Å². The number of rotatable bonds is 4. The first kappa shape index (κ1) is 12.5. The highest BCUT2D eigenvalue weighted by molar-refractivity contribution is 9.09. The van der Waals surface area contributed by atoms with Crippen LogP contribution in [-0.2, 0) is 4.79 Å². The summed E-state index contributed by atoms with van der Waals surface area (Å²) in [5.41, 5.74) is 1.06. The molecule has 1 aromatic carbocycles. The number of alkyl halides is 1. The van der Waals surface area contributed by atoms with Crippen molar-refractivity contribution in [2.45, 2.75) is 19.4 Å². The Kier molecular flexibility index (Phi) is 5.12. The van der Waals surface area contributed by atoms with Crippen LogP contribution in [0.25, 0.3) is 0 Å². The maximum absolute atomic E-state index is 11.3. The molecule has 4 heteroatoms. The van der Waals surface area contributed by atoms with Gasteiger partial charge in [0.2, 0.25) is 5.91 Å². The standard InChI is InChI=1S/C11H13BrClNO/c1-8(14-11(15)6-7-12)9-2-4-10(13)5-3-9/h2-5,8H,6-7H2,1H3,(H,14,15)/t8-/m0/s1. The smallest absolute Gasteiger partial charge is 0.221 e. The lowest BCUT2D eigenvalue weighted by Crippen LogP contribution is -2.26. The molecule has 1 amide bonds. The van der Waals surface area contributed by atoms with Gasteiger partial charge in [-0.15, -0.1) is 0 Å². The van der Waals surface area contributed by atoms with Gasteiger partial charge in [0.25, 0.3) is 0 Å². The Bertz CT molecular complexity index is 326. The number of amides is 1. The molecule has 0 aliphatic heterocycles. The fraction of sp³-hybridized carbons (Fsp3) is 0.364. The highest BCUT2D eigenvalue weighted by Gasteiger charge is 2.08. The van der Waals surface area contributed by atoms with E-state index >= 15 is 0 Å². The Morgan fingerprint density at radius 2 is 2.07 bits per heavy atom. The highest BCUT2D eigenvalue weighted by Crippen LogP contribution is 2.15. The SMILES string of the molecule is C[C@H](NC(=O)CCBr)c1ccc(Cl)cc1. The van der Waals surface area contributed by atoms with E-state index in [-0.39, 0.29) is 11.9 Å². The van der Waals surface area contributed by atoms with Gasteiger partial charge in [-0.25, -0.2) is 0 Å².